The molecule has 2 nitrogen and oxygen atoms in total. The van der Waals surface area contributed by atoms with Gasteiger partial charge in [0.1, 0.15) is 8.07 Å². The Morgan fingerprint density at radius 1 is 0.677 bits per heavy atom. The van der Waals surface area contributed by atoms with Crippen LogP contribution in [0.5, 0.6) is 0 Å². The van der Waals surface area contributed by atoms with Crippen molar-refractivity contribution in [2.75, 3.05) is 50.4 Å². The van der Waals surface area contributed by atoms with E-state index in [-0.39, 0.29) is 0 Å². The summed E-state index contributed by atoms with van der Waals surface area (Å²) < 4.78 is 10.5. The first-order valence-electron chi connectivity index (χ1n) is 11.5. The molecule has 0 amide bonds. The van der Waals surface area contributed by atoms with Crippen molar-refractivity contribution < 1.29 is 9.47 Å². The highest BCUT2D eigenvalue weighted by molar-refractivity contribution is 7.99. The molecule has 170 valence electrons. The molecule has 3 rings (SSSR count). The second kappa shape index (κ2) is 12.5. The predicted octanol–water partition coefficient (Wildman–Crippen LogP) is 5.39. The standard InChI is InChI=1S/C26H38O2S2Si/c1-21-7-9-23-24-10-8-22(2)20-26(24)31(25(23)19-21,17-5-13-29-15-11-27-3)18-6-14-30-16-12-28-4/h7-10,19-20H,5-6,11-18H2,1-4H3. The molecule has 0 radical (unpaired) electrons. The van der Waals surface area contributed by atoms with E-state index in [9.17, 15) is 0 Å². The highest BCUT2D eigenvalue weighted by Crippen LogP contribution is 2.35. The monoisotopic (exact) mass is 474 g/mol. The van der Waals surface area contributed by atoms with Crippen LogP contribution in [0.25, 0.3) is 11.1 Å². The third-order valence-corrected chi connectivity index (χ3v) is 13.7. The van der Waals surface area contributed by atoms with E-state index in [0.717, 1.165) is 24.7 Å². The van der Waals surface area contributed by atoms with Crippen molar-refractivity contribution in [2.45, 2.75) is 38.8 Å². The van der Waals surface area contributed by atoms with Crippen molar-refractivity contribution in [3.63, 3.8) is 0 Å². The maximum absolute atomic E-state index is 5.23. The first kappa shape index (κ1) is 24.9. The average Bonchev–Trinajstić information content (AvgIpc) is 3.02. The third kappa shape index (κ3) is 6.20. The molecule has 0 aliphatic carbocycles. The van der Waals surface area contributed by atoms with Crippen LogP contribution >= 0.6 is 23.5 Å². The minimum absolute atomic E-state index is 0.857. The molecule has 0 unspecified atom stereocenters. The van der Waals surface area contributed by atoms with Crippen LogP contribution in [0.2, 0.25) is 12.1 Å². The quantitative estimate of drug-likeness (QED) is 0.270. The van der Waals surface area contributed by atoms with E-state index in [1.54, 1.807) is 24.6 Å². The van der Waals surface area contributed by atoms with Gasteiger partial charge in [-0.15, -0.1) is 0 Å². The van der Waals surface area contributed by atoms with Gasteiger partial charge in [-0.05, 0) is 71.8 Å². The van der Waals surface area contributed by atoms with Crippen LogP contribution in [-0.2, 0) is 9.47 Å². The number of hydrogen-bond acceptors (Lipinski definition) is 4. The molecule has 0 N–H and O–H groups in total. The molecular weight excluding hydrogens is 437 g/mol. The summed E-state index contributed by atoms with van der Waals surface area (Å²) in [5, 5.41) is 3.41. The second-order valence-corrected chi connectivity index (χ2v) is 15.3. The molecular formula is C26H38O2S2Si. The maximum atomic E-state index is 5.23. The van der Waals surface area contributed by atoms with Gasteiger partial charge in [0.2, 0.25) is 0 Å². The average molecular weight is 475 g/mol. The molecule has 5 heteroatoms. The van der Waals surface area contributed by atoms with E-state index in [4.69, 9.17) is 9.47 Å². The lowest BCUT2D eigenvalue weighted by Crippen LogP contribution is -2.55. The molecule has 0 atom stereocenters. The van der Waals surface area contributed by atoms with Crippen molar-refractivity contribution in [1.82, 2.24) is 0 Å². The van der Waals surface area contributed by atoms with E-state index < -0.39 is 8.07 Å². The summed E-state index contributed by atoms with van der Waals surface area (Å²) >= 11 is 4.09. The van der Waals surface area contributed by atoms with Crippen molar-refractivity contribution in [2.24, 2.45) is 0 Å². The summed E-state index contributed by atoms with van der Waals surface area (Å²) in [7, 11) is 1.83. The minimum Gasteiger partial charge on any atom is -0.384 e. The SMILES string of the molecule is COCCSCCC[Si]1(CCCSCCOC)c2cc(C)ccc2-c2ccc(C)cc21. The zero-order chi connectivity index (χ0) is 22.1. The Bertz CT molecular complexity index is 771. The normalized spacial score (nSPS) is 13.9. The van der Waals surface area contributed by atoms with Gasteiger partial charge >= 0.3 is 0 Å². The molecule has 1 heterocycles. The van der Waals surface area contributed by atoms with Crippen molar-refractivity contribution in [3.8, 4) is 11.1 Å². The van der Waals surface area contributed by atoms with Gasteiger partial charge in [-0.2, -0.15) is 23.5 Å². The van der Waals surface area contributed by atoms with E-state index in [0.29, 0.717) is 0 Å². The number of aryl methyl sites for hydroxylation is 2. The Kier molecular flexibility index (Phi) is 10.0. The number of methoxy groups -OCH3 is 2. The summed E-state index contributed by atoms with van der Waals surface area (Å²) in [5.74, 6) is 4.69. The molecule has 0 fully saturated rings. The van der Waals surface area contributed by atoms with Gasteiger partial charge in [-0.25, -0.2) is 0 Å². The Balaban J connectivity index is 1.85. The number of thioether (sulfide) groups is 2. The minimum atomic E-state index is -1.76. The van der Waals surface area contributed by atoms with Gasteiger partial charge in [0, 0.05) is 25.7 Å². The number of hydrogen-bond donors (Lipinski definition) is 0. The summed E-state index contributed by atoms with van der Waals surface area (Å²) in [5.41, 5.74) is 5.85. The Morgan fingerprint density at radius 2 is 1.13 bits per heavy atom. The van der Waals surface area contributed by atoms with Crippen LogP contribution in [-0.4, -0.2) is 58.5 Å². The van der Waals surface area contributed by atoms with Crippen LogP contribution in [0.1, 0.15) is 24.0 Å². The van der Waals surface area contributed by atoms with Gasteiger partial charge in [-0.1, -0.05) is 47.5 Å². The fraction of sp³-hybridized carbons (Fsp3) is 0.538. The Hall–Kier alpha value is -0.723. The smallest absolute Gasteiger partial charge is 0.119 e. The summed E-state index contributed by atoms with van der Waals surface area (Å²) in [6.45, 7) is 6.23. The van der Waals surface area contributed by atoms with Gasteiger partial charge < -0.3 is 9.47 Å². The summed E-state index contributed by atoms with van der Waals surface area (Å²) in [4.78, 5) is 0. The highest BCUT2D eigenvalue weighted by Gasteiger charge is 2.44. The molecule has 0 spiro atoms. The van der Waals surface area contributed by atoms with Crippen LogP contribution in [0.15, 0.2) is 36.4 Å². The second-order valence-electron chi connectivity index (χ2n) is 8.60. The molecule has 2 aromatic carbocycles. The van der Waals surface area contributed by atoms with Crippen LogP contribution in [0.4, 0.5) is 0 Å². The molecule has 0 saturated carbocycles. The van der Waals surface area contributed by atoms with Gasteiger partial charge in [0.15, 0.2) is 0 Å². The van der Waals surface area contributed by atoms with Crippen LogP contribution in [0, 0.1) is 13.8 Å². The van der Waals surface area contributed by atoms with E-state index >= 15 is 0 Å². The molecule has 1 aliphatic rings. The number of ether oxygens (including phenoxy) is 2. The molecule has 0 saturated heterocycles. The molecule has 1 aliphatic heterocycles. The van der Waals surface area contributed by atoms with E-state index in [1.165, 1.54) is 58.7 Å². The van der Waals surface area contributed by atoms with Gasteiger partial charge in [-0.3, -0.25) is 0 Å². The topological polar surface area (TPSA) is 18.5 Å². The van der Waals surface area contributed by atoms with Crippen LogP contribution in [0.3, 0.4) is 0 Å². The maximum Gasteiger partial charge on any atom is 0.119 e. The fourth-order valence-corrected chi connectivity index (χ4v) is 12.7. The van der Waals surface area contributed by atoms with Crippen LogP contribution < -0.4 is 10.4 Å². The number of fused-ring (bicyclic) bond motifs is 3. The molecule has 2 aromatic rings. The molecule has 0 aromatic heterocycles. The lowest BCUT2D eigenvalue weighted by Gasteiger charge is -2.30. The van der Waals surface area contributed by atoms with Gasteiger partial charge in [0.05, 0.1) is 13.2 Å². The zero-order valence-electron chi connectivity index (χ0n) is 19.7. The molecule has 0 bridgehead atoms. The third-order valence-electron chi connectivity index (χ3n) is 6.32. The van der Waals surface area contributed by atoms with Crippen molar-refractivity contribution in [1.29, 1.82) is 0 Å². The lowest BCUT2D eigenvalue weighted by atomic mass is 10.0. The fourth-order valence-electron chi connectivity index (χ4n) is 4.83. The highest BCUT2D eigenvalue weighted by atomic mass is 32.2. The zero-order valence-corrected chi connectivity index (χ0v) is 22.3. The van der Waals surface area contributed by atoms with E-state index in [1.807, 2.05) is 23.5 Å². The Morgan fingerprint density at radius 3 is 1.55 bits per heavy atom. The van der Waals surface area contributed by atoms with Crippen molar-refractivity contribution >= 4 is 42.0 Å². The first-order valence-corrected chi connectivity index (χ1v) is 16.2. The number of benzene rings is 2. The summed E-state index contributed by atoms with van der Waals surface area (Å²) in [6, 6.07) is 17.2. The lowest BCUT2D eigenvalue weighted by molar-refractivity contribution is 0.218. The number of rotatable bonds is 14. The van der Waals surface area contributed by atoms with E-state index in [2.05, 4.69) is 50.2 Å². The van der Waals surface area contributed by atoms with Crippen molar-refractivity contribution in [3.05, 3.63) is 47.5 Å². The largest absolute Gasteiger partial charge is 0.384 e. The molecule has 31 heavy (non-hydrogen) atoms. The Labute approximate surface area is 198 Å². The summed E-state index contributed by atoms with van der Waals surface area (Å²) in [6.07, 6.45) is 2.61. The van der Waals surface area contributed by atoms with Gasteiger partial charge in [0.25, 0.3) is 0 Å². The first-order chi connectivity index (χ1) is 15.1. The predicted molar refractivity (Wildman–Crippen MR) is 144 cm³/mol.